The summed E-state index contributed by atoms with van der Waals surface area (Å²) in [4.78, 5) is 42.4. The Kier molecular flexibility index (Phi) is 10.2. The van der Waals surface area contributed by atoms with Crippen molar-refractivity contribution >= 4 is 40.8 Å². The van der Waals surface area contributed by atoms with Crippen molar-refractivity contribution in [1.29, 1.82) is 0 Å². The zero-order valence-electron chi connectivity index (χ0n) is 23.3. The van der Waals surface area contributed by atoms with Gasteiger partial charge in [0.2, 0.25) is 0 Å². The summed E-state index contributed by atoms with van der Waals surface area (Å²) in [5.41, 5.74) is 3.50. The first-order chi connectivity index (χ1) is 19.8. The quantitative estimate of drug-likeness (QED) is 0.340. The lowest BCUT2D eigenvalue weighted by Crippen LogP contribution is -2.42. The van der Waals surface area contributed by atoms with E-state index in [1.807, 2.05) is 32.0 Å². The van der Waals surface area contributed by atoms with Crippen LogP contribution in [0.2, 0.25) is 5.02 Å². The zero-order valence-corrected chi connectivity index (χ0v) is 24.1. The number of aryl methyl sites for hydroxylation is 1. The topological polar surface area (TPSA) is 93.8 Å². The van der Waals surface area contributed by atoms with E-state index >= 15 is 0 Å². The van der Waals surface area contributed by atoms with Gasteiger partial charge < -0.3 is 25.8 Å². The summed E-state index contributed by atoms with van der Waals surface area (Å²) in [5, 5.41) is 9.27. The molecule has 1 aliphatic heterocycles. The van der Waals surface area contributed by atoms with Crippen LogP contribution in [-0.2, 0) is 6.42 Å². The molecule has 0 bridgehead atoms. The van der Waals surface area contributed by atoms with Crippen LogP contribution in [0.3, 0.4) is 0 Å². The molecule has 0 spiro atoms. The Morgan fingerprint density at radius 2 is 1.73 bits per heavy atom. The van der Waals surface area contributed by atoms with Crippen molar-refractivity contribution in [3.8, 4) is 0 Å². The Morgan fingerprint density at radius 1 is 0.927 bits per heavy atom. The first kappa shape index (κ1) is 29.9. The molecule has 0 atom stereocenters. The van der Waals surface area contributed by atoms with Crippen molar-refractivity contribution in [2.24, 2.45) is 0 Å². The molecule has 0 radical (unpaired) electrons. The molecule has 8 nitrogen and oxygen atoms in total. The van der Waals surface area contributed by atoms with Gasteiger partial charge in [-0.15, -0.1) is 0 Å². The standard InChI is InChI=1S/C31H35ClFN5O3/c1-3-34-31(41)38-16-6-15-37(17-18-38)28-12-10-23(20-27(28)36-30(40)25-7-4-5-8-26(25)33)29(39)35-14-13-22-9-11-24(32)19-21(22)2/h4-5,7-12,19-20H,3,6,13-18H2,1-2H3,(H,34,41)(H,35,39)(H,36,40). The lowest BCUT2D eigenvalue weighted by Gasteiger charge is -2.26. The molecule has 10 heteroatoms. The van der Waals surface area contributed by atoms with E-state index in [-0.39, 0.29) is 17.5 Å². The Hall–Kier alpha value is -4.11. The summed E-state index contributed by atoms with van der Waals surface area (Å²) in [6, 6.07) is 16.4. The molecule has 41 heavy (non-hydrogen) atoms. The largest absolute Gasteiger partial charge is 0.368 e. The number of nitrogens with zero attached hydrogens (tertiary/aromatic N) is 2. The van der Waals surface area contributed by atoms with E-state index in [1.165, 1.54) is 18.2 Å². The summed E-state index contributed by atoms with van der Waals surface area (Å²) < 4.78 is 14.4. The minimum absolute atomic E-state index is 0.0927. The molecule has 3 N–H and O–H groups in total. The van der Waals surface area contributed by atoms with Gasteiger partial charge in [0.05, 0.1) is 16.9 Å². The molecule has 0 aromatic heterocycles. The number of benzene rings is 3. The number of hydrogen-bond acceptors (Lipinski definition) is 4. The second kappa shape index (κ2) is 14.0. The maximum Gasteiger partial charge on any atom is 0.317 e. The minimum Gasteiger partial charge on any atom is -0.368 e. The molecule has 1 aliphatic rings. The minimum atomic E-state index is -0.634. The Morgan fingerprint density at radius 3 is 2.49 bits per heavy atom. The van der Waals surface area contributed by atoms with Gasteiger partial charge in [-0.2, -0.15) is 0 Å². The third-order valence-corrected chi connectivity index (χ3v) is 7.30. The van der Waals surface area contributed by atoms with Gasteiger partial charge in [-0.3, -0.25) is 9.59 Å². The van der Waals surface area contributed by atoms with E-state index < -0.39 is 11.7 Å². The Balaban J connectivity index is 1.54. The predicted molar refractivity (Wildman–Crippen MR) is 160 cm³/mol. The van der Waals surface area contributed by atoms with Crippen molar-refractivity contribution in [2.45, 2.75) is 26.7 Å². The highest BCUT2D eigenvalue weighted by atomic mass is 35.5. The molecule has 3 aromatic carbocycles. The molecule has 3 aromatic rings. The summed E-state index contributed by atoms with van der Waals surface area (Å²) in [6.45, 7) is 7.10. The SMILES string of the molecule is CCNC(=O)N1CCCN(c2ccc(C(=O)NCCc3ccc(Cl)cc3C)cc2NC(=O)c2ccccc2F)CC1. The molecule has 0 saturated carbocycles. The zero-order chi connectivity index (χ0) is 29.4. The van der Waals surface area contributed by atoms with Crippen LogP contribution in [-0.4, -0.2) is 62.0 Å². The number of carbonyl (C=O) groups excluding carboxylic acids is 3. The number of nitrogens with one attached hydrogen (secondary N) is 3. The predicted octanol–water partition coefficient (Wildman–Crippen LogP) is 5.25. The van der Waals surface area contributed by atoms with E-state index in [9.17, 15) is 18.8 Å². The second-order valence-corrected chi connectivity index (χ2v) is 10.3. The monoisotopic (exact) mass is 579 g/mol. The van der Waals surface area contributed by atoms with Crippen molar-refractivity contribution < 1.29 is 18.8 Å². The summed E-state index contributed by atoms with van der Waals surface area (Å²) in [5.74, 6) is -1.54. The first-order valence-corrected chi connectivity index (χ1v) is 14.2. The maximum atomic E-state index is 14.4. The number of hydrogen-bond donors (Lipinski definition) is 3. The average molecular weight is 580 g/mol. The first-order valence-electron chi connectivity index (χ1n) is 13.8. The molecule has 216 valence electrons. The number of amides is 4. The average Bonchev–Trinajstić information content (AvgIpc) is 3.21. The molecule has 4 rings (SSSR count). The fourth-order valence-electron chi connectivity index (χ4n) is 4.87. The molecule has 1 saturated heterocycles. The van der Waals surface area contributed by atoms with Crippen LogP contribution >= 0.6 is 11.6 Å². The van der Waals surface area contributed by atoms with Crippen LogP contribution in [0.25, 0.3) is 0 Å². The van der Waals surface area contributed by atoms with E-state index in [2.05, 4.69) is 20.9 Å². The third-order valence-electron chi connectivity index (χ3n) is 7.06. The van der Waals surface area contributed by atoms with Gasteiger partial charge in [0.25, 0.3) is 11.8 Å². The number of carbonyl (C=O) groups is 3. The number of anilines is 2. The van der Waals surface area contributed by atoms with Gasteiger partial charge in [-0.1, -0.05) is 29.8 Å². The molecule has 4 amide bonds. The molecule has 0 aliphatic carbocycles. The molecular formula is C31H35ClFN5O3. The van der Waals surface area contributed by atoms with Crippen LogP contribution in [0.5, 0.6) is 0 Å². The normalized spacial score (nSPS) is 13.4. The molecule has 1 fully saturated rings. The van der Waals surface area contributed by atoms with Crippen LogP contribution < -0.4 is 20.9 Å². The molecule has 0 unspecified atom stereocenters. The molecular weight excluding hydrogens is 545 g/mol. The Bertz CT molecular complexity index is 1420. The van der Waals surface area contributed by atoms with Gasteiger partial charge >= 0.3 is 6.03 Å². The van der Waals surface area contributed by atoms with E-state index in [0.717, 1.165) is 17.5 Å². The van der Waals surface area contributed by atoms with Gasteiger partial charge in [0.1, 0.15) is 5.82 Å². The van der Waals surface area contributed by atoms with E-state index in [4.69, 9.17) is 11.6 Å². The number of rotatable bonds is 8. The number of urea groups is 1. The van der Waals surface area contributed by atoms with Crippen molar-refractivity contribution in [1.82, 2.24) is 15.5 Å². The van der Waals surface area contributed by atoms with Crippen molar-refractivity contribution in [3.63, 3.8) is 0 Å². The summed E-state index contributed by atoms with van der Waals surface area (Å²) >= 11 is 6.05. The van der Waals surface area contributed by atoms with E-state index in [1.54, 1.807) is 29.2 Å². The van der Waals surface area contributed by atoms with Gasteiger partial charge in [-0.05, 0) is 80.3 Å². The molecule has 1 heterocycles. The highest BCUT2D eigenvalue weighted by Gasteiger charge is 2.23. The highest BCUT2D eigenvalue weighted by molar-refractivity contribution is 6.30. The summed E-state index contributed by atoms with van der Waals surface area (Å²) in [6.07, 6.45) is 1.36. The third kappa shape index (κ3) is 7.76. The second-order valence-electron chi connectivity index (χ2n) is 9.91. The highest BCUT2D eigenvalue weighted by Crippen LogP contribution is 2.29. The lowest BCUT2D eigenvalue weighted by molar-refractivity contribution is 0.0952. The van der Waals surface area contributed by atoms with Crippen LogP contribution in [0.1, 0.15) is 45.2 Å². The van der Waals surface area contributed by atoms with Crippen molar-refractivity contribution in [3.05, 3.63) is 93.8 Å². The van der Waals surface area contributed by atoms with E-state index in [0.29, 0.717) is 67.7 Å². The van der Waals surface area contributed by atoms with Crippen LogP contribution in [0, 0.1) is 12.7 Å². The van der Waals surface area contributed by atoms with Crippen LogP contribution in [0.15, 0.2) is 60.7 Å². The fourth-order valence-corrected chi connectivity index (χ4v) is 5.09. The Labute approximate surface area is 244 Å². The smallest absolute Gasteiger partial charge is 0.317 e. The maximum absolute atomic E-state index is 14.4. The lowest BCUT2D eigenvalue weighted by atomic mass is 10.1. The van der Waals surface area contributed by atoms with Gasteiger partial charge in [-0.25, -0.2) is 9.18 Å². The van der Waals surface area contributed by atoms with Gasteiger partial charge in [0.15, 0.2) is 0 Å². The van der Waals surface area contributed by atoms with Gasteiger partial charge in [0, 0.05) is 49.9 Å². The summed E-state index contributed by atoms with van der Waals surface area (Å²) in [7, 11) is 0. The van der Waals surface area contributed by atoms with Crippen LogP contribution in [0.4, 0.5) is 20.6 Å². The number of halogens is 2. The fraction of sp³-hybridized carbons (Fsp3) is 0.323. The van der Waals surface area contributed by atoms with Crippen molar-refractivity contribution in [2.75, 3.05) is 49.5 Å².